The minimum atomic E-state index is -0.362. The Morgan fingerprint density at radius 2 is 1.95 bits per heavy atom. The van der Waals surface area contributed by atoms with Crippen LogP contribution in [-0.4, -0.2) is 27.0 Å². The molecule has 198 valence electrons. The first-order valence-electron chi connectivity index (χ1n) is 12.4. The highest BCUT2D eigenvalue weighted by Crippen LogP contribution is 2.34. The Morgan fingerprint density at radius 1 is 1.15 bits per heavy atom. The van der Waals surface area contributed by atoms with Gasteiger partial charge < -0.3 is 15.7 Å². The van der Waals surface area contributed by atoms with Gasteiger partial charge in [-0.25, -0.2) is 9.78 Å². The summed E-state index contributed by atoms with van der Waals surface area (Å²) in [6, 6.07) is 20.9. The number of aromatic nitrogens is 2. The van der Waals surface area contributed by atoms with E-state index in [1.807, 2.05) is 19.1 Å². The SMILES string of the molecule is C=CC(=O)Nc1ccccc1Nc1ncc2c(n1)N(Cc1cccc(C#N)c1)C(=O)N(c1cc(C)cc(O)c1)C2. The summed E-state index contributed by atoms with van der Waals surface area (Å²) in [7, 11) is 0. The summed E-state index contributed by atoms with van der Waals surface area (Å²) in [6.45, 7) is 5.67. The highest BCUT2D eigenvalue weighted by molar-refractivity contribution is 6.05. The second kappa shape index (κ2) is 11.0. The van der Waals surface area contributed by atoms with Gasteiger partial charge in [0.15, 0.2) is 0 Å². The van der Waals surface area contributed by atoms with Crippen LogP contribution >= 0.6 is 0 Å². The number of hydrogen-bond acceptors (Lipinski definition) is 7. The lowest BCUT2D eigenvalue weighted by Gasteiger charge is -2.36. The van der Waals surface area contributed by atoms with Crippen LogP contribution in [-0.2, 0) is 17.9 Å². The zero-order chi connectivity index (χ0) is 28.2. The van der Waals surface area contributed by atoms with Gasteiger partial charge >= 0.3 is 6.03 Å². The van der Waals surface area contributed by atoms with E-state index in [0.29, 0.717) is 34.0 Å². The van der Waals surface area contributed by atoms with Gasteiger partial charge in [0.25, 0.3) is 0 Å². The number of phenols is 1. The van der Waals surface area contributed by atoms with Crippen molar-refractivity contribution in [3.63, 3.8) is 0 Å². The summed E-state index contributed by atoms with van der Waals surface area (Å²) in [6.07, 6.45) is 2.82. The molecule has 0 fully saturated rings. The van der Waals surface area contributed by atoms with E-state index in [1.54, 1.807) is 59.6 Å². The van der Waals surface area contributed by atoms with E-state index in [9.17, 15) is 20.0 Å². The van der Waals surface area contributed by atoms with Crippen LogP contribution < -0.4 is 20.4 Å². The Kier molecular flexibility index (Phi) is 7.11. The minimum absolute atomic E-state index is 0.0554. The van der Waals surface area contributed by atoms with E-state index in [-0.39, 0.29) is 36.7 Å². The number of nitrogens with zero attached hydrogens (tertiary/aromatic N) is 5. The molecule has 3 N–H and O–H groups in total. The lowest BCUT2D eigenvalue weighted by molar-refractivity contribution is -0.111. The first-order chi connectivity index (χ1) is 19.3. The van der Waals surface area contributed by atoms with Crippen LogP contribution in [0.5, 0.6) is 5.75 Å². The average molecular weight is 532 g/mol. The molecule has 40 heavy (non-hydrogen) atoms. The minimum Gasteiger partial charge on any atom is -0.508 e. The van der Waals surface area contributed by atoms with E-state index in [4.69, 9.17) is 4.98 Å². The number of phenolic OH excluding ortho intramolecular Hbond substituents is 1. The largest absolute Gasteiger partial charge is 0.508 e. The number of carbonyl (C=O) groups excluding carboxylic acids is 2. The number of aryl methyl sites for hydroxylation is 1. The molecule has 3 aromatic carbocycles. The number of aromatic hydroxyl groups is 1. The van der Waals surface area contributed by atoms with Crippen LogP contribution in [0.4, 0.5) is 33.6 Å². The molecule has 0 aliphatic carbocycles. The maximum Gasteiger partial charge on any atom is 0.330 e. The van der Waals surface area contributed by atoms with Gasteiger partial charge in [0.05, 0.1) is 36.1 Å². The third-order valence-electron chi connectivity index (χ3n) is 6.26. The Morgan fingerprint density at radius 3 is 2.70 bits per heavy atom. The van der Waals surface area contributed by atoms with E-state index in [1.165, 1.54) is 17.0 Å². The lowest BCUT2D eigenvalue weighted by atomic mass is 10.1. The number of hydrogen-bond donors (Lipinski definition) is 3. The molecule has 1 aliphatic heterocycles. The first-order valence-corrected chi connectivity index (χ1v) is 12.4. The molecule has 2 heterocycles. The van der Waals surface area contributed by atoms with Gasteiger partial charge in [-0.3, -0.25) is 14.6 Å². The van der Waals surface area contributed by atoms with Gasteiger partial charge in [-0.2, -0.15) is 10.2 Å². The zero-order valence-corrected chi connectivity index (χ0v) is 21.6. The smallest absolute Gasteiger partial charge is 0.330 e. The van der Waals surface area contributed by atoms with Gasteiger partial charge in [-0.15, -0.1) is 0 Å². The van der Waals surface area contributed by atoms with Crippen LogP contribution in [0.2, 0.25) is 0 Å². The standard InChI is InChI=1S/C30H25N7O3/c1-3-27(39)33-25-9-4-5-10-26(25)34-29-32-16-22-18-36(23-11-19(2)12-24(38)14-23)30(40)37(28(22)35-29)17-21-8-6-7-20(13-21)15-31/h3-14,16,38H,1,17-18H2,2H3,(H,33,39)(H,32,34,35). The molecule has 0 unspecified atom stereocenters. The summed E-state index contributed by atoms with van der Waals surface area (Å²) in [5.74, 6) is 0.328. The van der Waals surface area contributed by atoms with Gasteiger partial charge in [-0.05, 0) is 60.5 Å². The Hall–Kier alpha value is -5.69. The molecule has 0 bridgehead atoms. The zero-order valence-electron chi connectivity index (χ0n) is 21.6. The summed E-state index contributed by atoms with van der Waals surface area (Å²) < 4.78 is 0. The van der Waals surface area contributed by atoms with Crippen LogP contribution in [0, 0.1) is 18.3 Å². The van der Waals surface area contributed by atoms with Crippen molar-refractivity contribution in [3.8, 4) is 11.8 Å². The summed E-state index contributed by atoms with van der Waals surface area (Å²) in [5, 5.41) is 25.4. The van der Waals surface area contributed by atoms with Crippen LogP contribution in [0.25, 0.3) is 0 Å². The Bertz CT molecular complexity index is 1660. The lowest BCUT2D eigenvalue weighted by Crippen LogP contribution is -2.47. The molecule has 3 amide bonds. The van der Waals surface area contributed by atoms with Crippen LogP contribution in [0.1, 0.15) is 22.3 Å². The van der Waals surface area contributed by atoms with Crippen molar-refractivity contribution in [2.24, 2.45) is 0 Å². The Labute approximate surface area is 230 Å². The predicted molar refractivity (Wildman–Crippen MR) is 152 cm³/mol. The van der Waals surface area contributed by atoms with Crippen molar-refractivity contribution in [2.75, 3.05) is 20.4 Å². The second-order valence-corrected chi connectivity index (χ2v) is 9.20. The molecule has 0 saturated heterocycles. The molecule has 4 aromatic rings. The van der Waals surface area contributed by atoms with E-state index in [0.717, 1.165) is 11.1 Å². The molecular formula is C30H25N7O3. The molecule has 5 rings (SSSR count). The van der Waals surface area contributed by atoms with Crippen molar-refractivity contribution in [1.82, 2.24) is 9.97 Å². The molecule has 0 spiro atoms. The number of nitriles is 1. The highest BCUT2D eigenvalue weighted by atomic mass is 16.3. The fraction of sp³-hybridized carbons (Fsp3) is 0.100. The molecule has 0 radical (unpaired) electrons. The molecule has 1 aliphatic rings. The van der Waals surface area contributed by atoms with Crippen LogP contribution in [0.3, 0.4) is 0 Å². The summed E-state index contributed by atoms with van der Waals surface area (Å²) >= 11 is 0. The maximum absolute atomic E-state index is 13.9. The van der Waals surface area contributed by atoms with E-state index in [2.05, 4.69) is 28.3 Å². The van der Waals surface area contributed by atoms with Crippen molar-refractivity contribution in [2.45, 2.75) is 20.0 Å². The molecule has 0 saturated carbocycles. The number of nitrogens with one attached hydrogen (secondary N) is 2. The fourth-order valence-corrected chi connectivity index (χ4v) is 4.45. The van der Waals surface area contributed by atoms with Crippen molar-refractivity contribution < 1.29 is 14.7 Å². The van der Waals surface area contributed by atoms with Gasteiger partial charge in [-0.1, -0.05) is 30.8 Å². The number of amides is 3. The van der Waals surface area contributed by atoms with Crippen molar-refractivity contribution >= 4 is 40.8 Å². The molecular weight excluding hydrogens is 506 g/mol. The monoisotopic (exact) mass is 531 g/mol. The van der Waals surface area contributed by atoms with Crippen molar-refractivity contribution in [3.05, 3.63) is 108 Å². The van der Waals surface area contributed by atoms with Crippen molar-refractivity contribution in [1.29, 1.82) is 5.26 Å². The quantitative estimate of drug-likeness (QED) is 0.273. The maximum atomic E-state index is 13.9. The van der Waals surface area contributed by atoms with Gasteiger partial charge in [0.2, 0.25) is 11.9 Å². The number of fused-ring (bicyclic) bond motifs is 1. The highest BCUT2D eigenvalue weighted by Gasteiger charge is 2.33. The van der Waals surface area contributed by atoms with E-state index < -0.39 is 0 Å². The molecule has 10 heteroatoms. The average Bonchev–Trinajstić information content (AvgIpc) is 2.95. The van der Waals surface area contributed by atoms with Crippen LogP contribution in [0.15, 0.2) is 85.6 Å². The number of anilines is 5. The number of urea groups is 1. The topological polar surface area (TPSA) is 134 Å². The number of benzene rings is 3. The molecule has 0 atom stereocenters. The van der Waals surface area contributed by atoms with E-state index >= 15 is 0 Å². The summed E-state index contributed by atoms with van der Waals surface area (Å²) in [4.78, 5) is 38.0. The Balaban J connectivity index is 1.54. The first kappa shape index (κ1) is 25.9. The predicted octanol–water partition coefficient (Wildman–Crippen LogP) is 5.38. The van der Waals surface area contributed by atoms with Gasteiger partial charge in [0, 0.05) is 23.5 Å². The number of rotatable bonds is 7. The molecule has 1 aromatic heterocycles. The second-order valence-electron chi connectivity index (χ2n) is 9.20. The third kappa shape index (κ3) is 5.44. The number of carbonyl (C=O) groups is 2. The molecule has 10 nitrogen and oxygen atoms in total. The normalized spacial score (nSPS) is 12.3. The number of para-hydroxylation sites is 2. The fourth-order valence-electron chi connectivity index (χ4n) is 4.45. The third-order valence-corrected chi connectivity index (χ3v) is 6.26. The summed E-state index contributed by atoms with van der Waals surface area (Å²) in [5.41, 5.74) is 4.34. The van der Waals surface area contributed by atoms with Gasteiger partial charge in [0.1, 0.15) is 11.6 Å².